The molecular weight excluding hydrogens is 374 g/mol. The summed E-state index contributed by atoms with van der Waals surface area (Å²) in [7, 11) is 1.12. The summed E-state index contributed by atoms with van der Waals surface area (Å²) in [5.41, 5.74) is -0.225. The van der Waals surface area contributed by atoms with Crippen LogP contribution in [-0.4, -0.2) is 49.8 Å². The number of carbonyl (C=O) groups excluding carboxylic acids is 4. The molecule has 2 unspecified atom stereocenters. The number of ether oxygens (including phenoxy) is 1. The number of likely N-dealkylation sites (tertiary alicyclic amines) is 1. The number of hydrogen-bond acceptors (Lipinski definition) is 8. The standard InChI is InChI=1S/C14H17NO6S3/c1-5-6-24(20)11-7-10(18)15(11)12(13(19)21-4)14(22-8(2)16)23-9(3)17/h5,11H,1,6-7H2,2-4H3. The summed E-state index contributed by atoms with van der Waals surface area (Å²) in [6, 6.07) is 0. The van der Waals surface area contributed by atoms with Crippen LogP contribution in [0, 0.1) is 0 Å². The number of methoxy groups -OCH3 is 1. The van der Waals surface area contributed by atoms with Crippen LogP contribution >= 0.6 is 23.5 Å². The predicted octanol–water partition coefficient (Wildman–Crippen LogP) is 1.38. The molecule has 2 atom stereocenters. The van der Waals surface area contributed by atoms with Crippen molar-refractivity contribution in [3.8, 4) is 0 Å². The maximum atomic E-state index is 12.2. The predicted molar refractivity (Wildman–Crippen MR) is 94.0 cm³/mol. The third-order valence-corrected chi connectivity index (χ3v) is 6.16. The van der Waals surface area contributed by atoms with Gasteiger partial charge in [-0.05, 0) is 40.8 Å². The van der Waals surface area contributed by atoms with Gasteiger partial charge in [0.1, 0.15) is 5.75 Å². The Balaban J connectivity index is 3.35. The summed E-state index contributed by atoms with van der Waals surface area (Å²) in [4.78, 5) is 48.2. The summed E-state index contributed by atoms with van der Waals surface area (Å²) in [5.74, 6) is -1.15. The highest BCUT2D eigenvalue weighted by Crippen LogP contribution is 2.39. The van der Waals surface area contributed by atoms with Gasteiger partial charge >= 0.3 is 5.97 Å². The Morgan fingerprint density at radius 2 is 1.92 bits per heavy atom. The molecule has 1 aliphatic heterocycles. The van der Waals surface area contributed by atoms with E-state index < -0.39 is 28.4 Å². The molecule has 0 N–H and O–H groups in total. The largest absolute Gasteiger partial charge is 0.614 e. The second kappa shape index (κ2) is 9.30. The lowest BCUT2D eigenvalue weighted by Gasteiger charge is -2.40. The van der Waals surface area contributed by atoms with E-state index in [1.54, 1.807) is 0 Å². The highest BCUT2D eigenvalue weighted by atomic mass is 32.2. The van der Waals surface area contributed by atoms with Gasteiger partial charge in [-0.3, -0.25) is 19.3 Å². The van der Waals surface area contributed by atoms with Crippen molar-refractivity contribution in [3.05, 3.63) is 22.6 Å². The fourth-order valence-electron chi connectivity index (χ4n) is 1.85. The summed E-state index contributed by atoms with van der Waals surface area (Å²) in [5, 5.41) is -1.45. The fourth-order valence-corrected chi connectivity index (χ4v) is 5.04. The Morgan fingerprint density at radius 3 is 2.29 bits per heavy atom. The van der Waals surface area contributed by atoms with Crippen LogP contribution in [0.15, 0.2) is 22.6 Å². The third kappa shape index (κ3) is 5.13. The molecule has 1 aliphatic rings. The number of carbonyl (C=O) groups is 4. The van der Waals surface area contributed by atoms with Crippen LogP contribution in [0.2, 0.25) is 0 Å². The molecule has 24 heavy (non-hydrogen) atoms. The van der Waals surface area contributed by atoms with Gasteiger partial charge in [0.25, 0.3) is 0 Å². The number of β-lactam (4-membered cyclic amide) rings is 1. The molecule has 0 aromatic rings. The van der Waals surface area contributed by atoms with E-state index in [1.165, 1.54) is 19.9 Å². The molecular formula is C14H17NO6S3. The van der Waals surface area contributed by atoms with Crippen molar-refractivity contribution in [2.75, 3.05) is 12.9 Å². The number of esters is 1. The van der Waals surface area contributed by atoms with E-state index >= 15 is 0 Å². The molecule has 1 saturated heterocycles. The minimum Gasteiger partial charge on any atom is -0.614 e. The van der Waals surface area contributed by atoms with Crippen molar-refractivity contribution in [2.45, 2.75) is 25.6 Å². The summed E-state index contributed by atoms with van der Waals surface area (Å²) in [6.07, 6.45) is 1.46. The van der Waals surface area contributed by atoms with Crippen LogP contribution in [0.25, 0.3) is 0 Å². The van der Waals surface area contributed by atoms with Gasteiger partial charge in [-0.2, -0.15) is 0 Å². The Bertz CT molecular complexity index is 585. The second-order valence-corrected chi connectivity index (χ2v) is 8.85. The number of amides is 1. The van der Waals surface area contributed by atoms with Crippen molar-refractivity contribution in [1.82, 2.24) is 4.90 Å². The summed E-state index contributed by atoms with van der Waals surface area (Å²) >= 11 is -0.142. The number of thioether (sulfide) groups is 2. The Kier molecular flexibility index (Phi) is 8.07. The van der Waals surface area contributed by atoms with Gasteiger partial charge in [0.2, 0.25) is 11.3 Å². The van der Waals surface area contributed by atoms with Crippen LogP contribution in [-0.2, 0) is 35.1 Å². The molecule has 0 bridgehead atoms. The average Bonchev–Trinajstić information content (AvgIpc) is 2.47. The van der Waals surface area contributed by atoms with E-state index in [0.29, 0.717) is 23.5 Å². The van der Waals surface area contributed by atoms with Crippen LogP contribution in [0.1, 0.15) is 20.3 Å². The third-order valence-electron chi connectivity index (χ3n) is 2.78. The van der Waals surface area contributed by atoms with E-state index in [-0.39, 0.29) is 32.3 Å². The van der Waals surface area contributed by atoms with Crippen molar-refractivity contribution < 1.29 is 28.5 Å². The Hall–Kier alpha value is -1.23. The monoisotopic (exact) mass is 391 g/mol. The van der Waals surface area contributed by atoms with Gasteiger partial charge in [-0.25, -0.2) is 4.79 Å². The SMILES string of the molecule is C=CC[S+]([O-])C1CC(=O)N1C(C(=O)OC)=C(SC(C)=O)SC(C)=O. The van der Waals surface area contributed by atoms with E-state index in [4.69, 9.17) is 4.74 Å². The van der Waals surface area contributed by atoms with Crippen molar-refractivity contribution in [3.63, 3.8) is 0 Å². The second-order valence-electron chi connectivity index (χ2n) is 4.57. The highest BCUT2D eigenvalue weighted by molar-refractivity contribution is 8.34. The van der Waals surface area contributed by atoms with Crippen molar-refractivity contribution in [2.24, 2.45) is 0 Å². The zero-order chi connectivity index (χ0) is 18.4. The Morgan fingerprint density at radius 1 is 1.38 bits per heavy atom. The van der Waals surface area contributed by atoms with Crippen LogP contribution < -0.4 is 0 Å². The number of hydrogen-bond donors (Lipinski definition) is 0. The zero-order valence-corrected chi connectivity index (χ0v) is 15.8. The molecule has 0 saturated carbocycles. The molecule has 0 aliphatic carbocycles. The molecule has 10 heteroatoms. The van der Waals surface area contributed by atoms with E-state index in [2.05, 4.69) is 6.58 Å². The molecule has 1 fully saturated rings. The fraction of sp³-hybridized carbons (Fsp3) is 0.429. The minimum absolute atomic E-state index is 0.00367. The van der Waals surface area contributed by atoms with Crippen LogP contribution in [0.5, 0.6) is 0 Å². The van der Waals surface area contributed by atoms with Gasteiger partial charge in [-0.1, -0.05) is 6.58 Å². The molecule has 1 heterocycles. The van der Waals surface area contributed by atoms with Crippen LogP contribution in [0.3, 0.4) is 0 Å². The van der Waals surface area contributed by atoms with E-state index in [1.807, 2.05) is 0 Å². The van der Waals surface area contributed by atoms with Gasteiger partial charge in [0.05, 0.1) is 17.8 Å². The van der Waals surface area contributed by atoms with Crippen molar-refractivity contribution in [1.29, 1.82) is 0 Å². The molecule has 0 aromatic heterocycles. The zero-order valence-electron chi connectivity index (χ0n) is 13.4. The molecule has 0 radical (unpaired) electrons. The quantitative estimate of drug-likeness (QED) is 0.211. The van der Waals surface area contributed by atoms with Crippen LogP contribution in [0.4, 0.5) is 0 Å². The number of rotatable bonds is 7. The average molecular weight is 391 g/mol. The van der Waals surface area contributed by atoms with Gasteiger partial charge in [-0.15, -0.1) is 0 Å². The molecule has 0 spiro atoms. The lowest BCUT2D eigenvalue weighted by atomic mass is 10.2. The highest BCUT2D eigenvalue weighted by Gasteiger charge is 2.49. The first-order valence-corrected chi connectivity index (χ1v) is 9.74. The first kappa shape index (κ1) is 20.8. The lowest BCUT2D eigenvalue weighted by Crippen LogP contribution is -2.57. The van der Waals surface area contributed by atoms with E-state index in [9.17, 15) is 23.7 Å². The molecule has 1 amide bonds. The van der Waals surface area contributed by atoms with Gasteiger partial charge in [0, 0.05) is 13.8 Å². The minimum atomic E-state index is -1.45. The normalized spacial score (nSPS) is 17.6. The lowest BCUT2D eigenvalue weighted by molar-refractivity contribution is -0.147. The maximum Gasteiger partial charge on any atom is 0.356 e. The molecule has 132 valence electrons. The van der Waals surface area contributed by atoms with Gasteiger partial charge in [0.15, 0.2) is 15.9 Å². The van der Waals surface area contributed by atoms with Gasteiger partial charge < -0.3 is 9.29 Å². The smallest absolute Gasteiger partial charge is 0.356 e. The first-order chi connectivity index (χ1) is 11.2. The summed E-state index contributed by atoms with van der Waals surface area (Å²) < 4.78 is 16.9. The molecule has 1 rings (SSSR count). The maximum absolute atomic E-state index is 12.2. The first-order valence-electron chi connectivity index (χ1n) is 6.72. The van der Waals surface area contributed by atoms with Crippen molar-refractivity contribution >= 4 is 56.8 Å². The Labute approximate surface area is 151 Å². The topological polar surface area (TPSA) is 104 Å². The number of nitrogens with zero attached hydrogens (tertiary/aromatic N) is 1. The van der Waals surface area contributed by atoms with E-state index in [0.717, 1.165) is 12.0 Å². The molecule has 7 nitrogen and oxygen atoms in total. The summed E-state index contributed by atoms with van der Waals surface area (Å²) in [6.45, 7) is 6.04. The molecule has 0 aromatic carbocycles.